The predicted octanol–water partition coefficient (Wildman–Crippen LogP) is 2.94. The molecule has 0 radical (unpaired) electrons. The first kappa shape index (κ1) is 13.7. The van der Waals surface area contributed by atoms with Crippen LogP contribution in [0.1, 0.15) is 22.7 Å². The molecule has 0 aromatic carbocycles. The number of aryl methyl sites for hydroxylation is 1. The molecule has 0 spiro atoms. The molecule has 3 aromatic heterocycles. The first-order chi connectivity index (χ1) is 10.2. The smallest absolute Gasteiger partial charge is 0.271 e. The summed E-state index contributed by atoms with van der Waals surface area (Å²) in [5, 5.41) is 3.45. The SMILES string of the molecule is O=C(NCCCc1ccco1)c1cn2cc(Cl)ccc2n1. The van der Waals surface area contributed by atoms with Crippen LogP contribution in [0.25, 0.3) is 5.65 Å². The molecule has 0 aliphatic rings. The van der Waals surface area contributed by atoms with Gasteiger partial charge in [0.05, 0.1) is 11.3 Å². The number of carbonyl (C=O) groups excluding carboxylic acids is 1. The molecule has 3 aromatic rings. The number of nitrogens with one attached hydrogen (secondary N) is 1. The Labute approximate surface area is 126 Å². The summed E-state index contributed by atoms with van der Waals surface area (Å²) in [7, 11) is 0. The lowest BCUT2D eigenvalue weighted by Gasteiger charge is -2.01. The van der Waals surface area contributed by atoms with E-state index in [1.165, 1.54) is 0 Å². The molecule has 3 heterocycles. The van der Waals surface area contributed by atoms with Gasteiger partial charge in [-0.2, -0.15) is 0 Å². The van der Waals surface area contributed by atoms with E-state index in [0.717, 1.165) is 18.6 Å². The van der Waals surface area contributed by atoms with Crippen molar-refractivity contribution in [3.8, 4) is 0 Å². The number of nitrogens with zero attached hydrogens (tertiary/aromatic N) is 2. The van der Waals surface area contributed by atoms with Crippen LogP contribution in [-0.2, 0) is 6.42 Å². The number of carbonyl (C=O) groups is 1. The third-order valence-corrected chi connectivity index (χ3v) is 3.34. The summed E-state index contributed by atoms with van der Waals surface area (Å²) in [6, 6.07) is 7.30. The summed E-state index contributed by atoms with van der Waals surface area (Å²) in [6.07, 6.45) is 6.66. The van der Waals surface area contributed by atoms with Crippen molar-refractivity contribution < 1.29 is 9.21 Å². The van der Waals surface area contributed by atoms with E-state index in [0.29, 0.717) is 22.9 Å². The number of aromatic nitrogens is 2. The Morgan fingerprint density at radius 2 is 2.24 bits per heavy atom. The van der Waals surface area contributed by atoms with Gasteiger partial charge in [-0.15, -0.1) is 0 Å². The maximum absolute atomic E-state index is 12.0. The molecule has 0 atom stereocenters. The van der Waals surface area contributed by atoms with E-state index in [2.05, 4.69) is 10.3 Å². The molecule has 0 aliphatic carbocycles. The minimum absolute atomic E-state index is 0.186. The fourth-order valence-electron chi connectivity index (χ4n) is 2.08. The summed E-state index contributed by atoms with van der Waals surface area (Å²) in [6.45, 7) is 0.578. The molecule has 0 saturated heterocycles. The van der Waals surface area contributed by atoms with E-state index >= 15 is 0 Å². The van der Waals surface area contributed by atoms with Crippen molar-refractivity contribution in [1.29, 1.82) is 0 Å². The molecule has 21 heavy (non-hydrogen) atoms. The fraction of sp³-hybridized carbons (Fsp3) is 0.200. The van der Waals surface area contributed by atoms with Gasteiger partial charge in [0.1, 0.15) is 17.1 Å². The second-order valence-electron chi connectivity index (χ2n) is 4.68. The van der Waals surface area contributed by atoms with Crippen LogP contribution in [0.2, 0.25) is 5.02 Å². The molecule has 0 saturated carbocycles. The van der Waals surface area contributed by atoms with Crippen molar-refractivity contribution in [2.24, 2.45) is 0 Å². The van der Waals surface area contributed by atoms with Crippen LogP contribution in [0, 0.1) is 0 Å². The van der Waals surface area contributed by atoms with Gasteiger partial charge in [0.25, 0.3) is 5.91 Å². The van der Waals surface area contributed by atoms with E-state index in [-0.39, 0.29) is 5.91 Å². The summed E-state index contributed by atoms with van der Waals surface area (Å²) in [5.74, 6) is 0.737. The number of amides is 1. The number of fused-ring (bicyclic) bond motifs is 1. The highest BCUT2D eigenvalue weighted by molar-refractivity contribution is 6.30. The first-order valence-corrected chi connectivity index (χ1v) is 7.05. The molecule has 1 amide bonds. The third kappa shape index (κ3) is 3.25. The van der Waals surface area contributed by atoms with Crippen LogP contribution >= 0.6 is 11.6 Å². The standard InChI is InChI=1S/C15H14ClN3O2/c16-11-5-6-14-18-13(10-19(14)9-11)15(20)17-7-1-3-12-4-2-8-21-12/h2,4-6,8-10H,1,3,7H2,(H,17,20). The van der Waals surface area contributed by atoms with Gasteiger partial charge in [0.2, 0.25) is 0 Å². The second-order valence-corrected chi connectivity index (χ2v) is 5.11. The largest absolute Gasteiger partial charge is 0.469 e. The highest BCUT2D eigenvalue weighted by atomic mass is 35.5. The molecule has 108 valence electrons. The predicted molar refractivity (Wildman–Crippen MR) is 79.6 cm³/mol. The van der Waals surface area contributed by atoms with Gasteiger partial charge in [-0.3, -0.25) is 4.79 Å². The molecule has 0 fully saturated rings. The van der Waals surface area contributed by atoms with Gasteiger partial charge >= 0.3 is 0 Å². The Morgan fingerprint density at radius 3 is 3.05 bits per heavy atom. The Bertz CT molecular complexity index is 749. The highest BCUT2D eigenvalue weighted by Gasteiger charge is 2.10. The van der Waals surface area contributed by atoms with Gasteiger partial charge in [-0.05, 0) is 30.7 Å². The summed E-state index contributed by atoms with van der Waals surface area (Å²) in [5.41, 5.74) is 1.08. The lowest BCUT2D eigenvalue weighted by atomic mass is 10.2. The Hall–Kier alpha value is -2.27. The molecule has 3 rings (SSSR count). The van der Waals surface area contributed by atoms with Crippen molar-refractivity contribution in [3.05, 3.63) is 59.4 Å². The first-order valence-electron chi connectivity index (χ1n) is 6.67. The molecule has 0 aliphatic heterocycles. The lowest BCUT2D eigenvalue weighted by Crippen LogP contribution is -2.25. The van der Waals surface area contributed by atoms with E-state index in [9.17, 15) is 4.79 Å². The van der Waals surface area contributed by atoms with Crippen LogP contribution in [0.5, 0.6) is 0 Å². The van der Waals surface area contributed by atoms with Crippen LogP contribution in [0.15, 0.2) is 47.3 Å². The van der Waals surface area contributed by atoms with Crippen LogP contribution in [-0.4, -0.2) is 21.8 Å². The van der Waals surface area contributed by atoms with Crippen LogP contribution in [0.4, 0.5) is 0 Å². The molecule has 0 bridgehead atoms. The summed E-state index contributed by atoms with van der Waals surface area (Å²) >= 11 is 5.90. The average Bonchev–Trinajstić information content (AvgIpc) is 3.11. The number of imidazole rings is 1. The zero-order valence-electron chi connectivity index (χ0n) is 11.3. The number of hydrogen-bond acceptors (Lipinski definition) is 3. The Morgan fingerprint density at radius 1 is 1.33 bits per heavy atom. The zero-order chi connectivity index (χ0) is 14.7. The average molecular weight is 304 g/mol. The van der Waals surface area contributed by atoms with Crippen molar-refractivity contribution in [1.82, 2.24) is 14.7 Å². The zero-order valence-corrected chi connectivity index (χ0v) is 12.0. The van der Waals surface area contributed by atoms with Crippen molar-refractivity contribution in [2.45, 2.75) is 12.8 Å². The Kier molecular flexibility index (Phi) is 3.92. The number of rotatable bonds is 5. The van der Waals surface area contributed by atoms with Crippen LogP contribution < -0.4 is 5.32 Å². The lowest BCUT2D eigenvalue weighted by molar-refractivity contribution is 0.0948. The summed E-state index contributed by atoms with van der Waals surface area (Å²) in [4.78, 5) is 16.3. The van der Waals surface area contributed by atoms with Crippen LogP contribution in [0.3, 0.4) is 0 Å². The van der Waals surface area contributed by atoms with E-state index < -0.39 is 0 Å². The van der Waals surface area contributed by atoms with Crippen molar-refractivity contribution >= 4 is 23.2 Å². The van der Waals surface area contributed by atoms with E-state index in [1.54, 1.807) is 35.2 Å². The van der Waals surface area contributed by atoms with Crippen molar-refractivity contribution in [2.75, 3.05) is 6.54 Å². The molecule has 1 N–H and O–H groups in total. The topological polar surface area (TPSA) is 59.5 Å². The monoisotopic (exact) mass is 303 g/mol. The molecule has 5 nitrogen and oxygen atoms in total. The van der Waals surface area contributed by atoms with Gasteiger partial charge in [-0.1, -0.05) is 11.6 Å². The van der Waals surface area contributed by atoms with Gasteiger partial charge in [0.15, 0.2) is 0 Å². The number of furan rings is 1. The molecular formula is C15H14ClN3O2. The van der Waals surface area contributed by atoms with E-state index in [1.807, 2.05) is 12.1 Å². The number of halogens is 1. The normalized spacial score (nSPS) is 10.9. The Balaban J connectivity index is 1.56. The number of hydrogen-bond donors (Lipinski definition) is 1. The quantitative estimate of drug-likeness (QED) is 0.737. The summed E-state index contributed by atoms with van der Waals surface area (Å²) < 4.78 is 6.97. The third-order valence-electron chi connectivity index (χ3n) is 3.11. The second kappa shape index (κ2) is 6.01. The fourth-order valence-corrected chi connectivity index (χ4v) is 2.25. The molecular weight excluding hydrogens is 290 g/mol. The highest BCUT2D eigenvalue weighted by Crippen LogP contribution is 2.11. The number of pyridine rings is 1. The van der Waals surface area contributed by atoms with Crippen molar-refractivity contribution in [3.63, 3.8) is 0 Å². The molecule has 0 unspecified atom stereocenters. The minimum atomic E-state index is -0.186. The maximum atomic E-state index is 12.0. The maximum Gasteiger partial charge on any atom is 0.271 e. The van der Waals surface area contributed by atoms with Gasteiger partial charge < -0.3 is 14.1 Å². The van der Waals surface area contributed by atoms with Gasteiger partial charge in [0, 0.05) is 25.4 Å². The van der Waals surface area contributed by atoms with E-state index in [4.69, 9.17) is 16.0 Å². The molecule has 6 heteroatoms. The minimum Gasteiger partial charge on any atom is -0.469 e. The van der Waals surface area contributed by atoms with Gasteiger partial charge in [-0.25, -0.2) is 4.98 Å².